The number of nitro groups is 1. The van der Waals surface area contributed by atoms with Gasteiger partial charge < -0.3 is 10.4 Å². The van der Waals surface area contributed by atoms with Crippen LogP contribution in [0.2, 0.25) is 0 Å². The number of carboxylic acid groups (broad SMARTS) is 1. The Morgan fingerprint density at radius 3 is 2.67 bits per heavy atom. The maximum absolute atomic E-state index is 11.6. The topological polar surface area (TPSA) is 105 Å². The number of aromatic nitrogens is 1. The largest absolute Gasteiger partial charge is 0.481 e. The van der Waals surface area contributed by atoms with E-state index in [4.69, 9.17) is 0 Å². The van der Waals surface area contributed by atoms with Gasteiger partial charge in [-0.2, -0.15) is 0 Å². The molecule has 8 heteroatoms. The lowest BCUT2D eigenvalue weighted by molar-refractivity contribution is -0.384. The number of carboxylic acids is 1. The summed E-state index contributed by atoms with van der Waals surface area (Å²) in [6.07, 6.45) is 6.55. The van der Waals surface area contributed by atoms with Crippen molar-refractivity contribution >= 4 is 33.3 Å². The third kappa shape index (κ3) is 3.31. The number of hydrogen-bond acceptors (Lipinski definition) is 5. The summed E-state index contributed by atoms with van der Waals surface area (Å²) in [5.41, 5.74) is -0.739. The summed E-state index contributed by atoms with van der Waals surface area (Å²) >= 11 is 3.22. The van der Waals surface area contributed by atoms with Crippen LogP contribution in [0.15, 0.2) is 16.9 Å². The zero-order valence-electron chi connectivity index (χ0n) is 11.3. The molecule has 1 aliphatic rings. The fraction of sp³-hybridized carbons (Fsp3) is 0.538. The Labute approximate surface area is 130 Å². The van der Waals surface area contributed by atoms with Gasteiger partial charge in [0.15, 0.2) is 0 Å². The first-order valence-corrected chi connectivity index (χ1v) is 7.51. The van der Waals surface area contributed by atoms with Gasteiger partial charge in [0.05, 0.1) is 14.8 Å². The van der Waals surface area contributed by atoms with Gasteiger partial charge in [-0.15, -0.1) is 0 Å². The predicted octanol–water partition coefficient (Wildman–Crippen LogP) is 3.20. The Morgan fingerprint density at radius 1 is 1.43 bits per heavy atom. The van der Waals surface area contributed by atoms with Crippen molar-refractivity contribution in [3.8, 4) is 0 Å². The van der Waals surface area contributed by atoms with Crippen LogP contribution >= 0.6 is 15.9 Å². The molecule has 1 fully saturated rings. The van der Waals surface area contributed by atoms with Gasteiger partial charge in [0.25, 0.3) is 0 Å². The van der Waals surface area contributed by atoms with Crippen molar-refractivity contribution in [1.82, 2.24) is 4.98 Å². The van der Waals surface area contributed by atoms with E-state index in [0.717, 1.165) is 25.5 Å². The van der Waals surface area contributed by atoms with Gasteiger partial charge in [-0.3, -0.25) is 19.9 Å². The Hall–Kier alpha value is -1.70. The molecule has 0 aliphatic heterocycles. The van der Waals surface area contributed by atoms with Crippen LogP contribution < -0.4 is 5.32 Å². The molecule has 1 heterocycles. The maximum Gasteiger partial charge on any atom is 0.311 e. The lowest BCUT2D eigenvalue weighted by atomic mass is 9.74. The molecule has 0 radical (unpaired) electrons. The molecule has 114 valence electrons. The fourth-order valence-corrected chi connectivity index (χ4v) is 3.15. The standard InChI is InChI=1S/C13H16BrN3O4/c14-9-6-15-7-10(17(20)21)11(9)16-8-13(12(18)19)4-2-1-3-5-13/h6-7H,1-5,8H2,(H,15,16)(H,18,19). The molecule has 0 atom stereocenters. The second kappa shape index (κ2) is 6.38. The number of pyridine rings is 1. The molecule has 1 saturated carbocycles. The molecule has 1 aromatic rings. The predicted molar refractivity (Wildman–Crippen MR) is 80.2 cm³/mol. The lowest BCUT2D eigenvalue weighted by Crippen LogP contribution is -2.39. The van der Waals surface area contributed by atoms with E-state index >= 15 is 0 Å². The highest BCUT2D eigenvalue weighted by Gasteiger charge is 2.39. The summed E-state index contributed by atoms with van der Waals surface area (Å²) in [7, 11) is 0. The Morgan fingerprint density at radius 2 is 2.10 bits per heavy atom. The Bertz CT molecular complexity index is 558. The molecule has 0 saturated heterocycles. The SMILES string of the molecule is O=C(O)C1(CNc2c(Br)cncc2[N+](=O)[O-])CCCCC1. The minimum absolute atomic E-state index is 0.166. The van der Waals surface area contributed by atoms with Gasteiger partial charge in [0.1, 0.15) is 11.9 Å². The molecular weight excluding hydrogens is 342 g/mol. The van der Waals surface area contributed by atoms with Gasteiger partial charge in [-0.25, -0.2) is 0 Å². The number of anilines is 1. The van der Waals surface area contributed by atoms with Crippen molar-refractivity contribution in [3.05, 3.63) is 27.0 Å². The molecule has 0 aromatic carbocycles. The fourth-order valence-electron chi connectivity index (χ4n) is 2.69. The minimum atomic E-state index is -0.852. The minimum Gasteiger partial charge on any atom is -0.481 e. The van der Waals surface area contributed by atoms with Crippen LogP contribution in [0, 0.1) is 15.5 Å². The van der Waals surface area contributed by atoms with Gasteiger partial charge in [-0.05, 0) is 28.8 Å². The second-order valence-electron chi connectivity index (χ2n) is 5.27. The Balaban J connectivity index is 2.22. The van der Waals surface area contributed by atoms with Crippen LogP contribution in [0.5, 0.6) is 0 Å². The molecule has 2 rings (SSSR count). The molecule has 7 nitrogen and oxygen atoms in total. The molecule has 0 unspecified atom stereocenters. The van der Waals surface area contributed by atoms with E-state index in [-0.39, 0.29) is 17.9 Å². The van der Waals surface area contributed by atoms with Crippen molar-refractivity contribution in [3.63, 3.8) is 0 Å². The summed E-state index contributed by atoms with van der Waals surface area (Å²) in [4.78, 5) is 25.9. The molecule has 1 aromatic heterocycles. The number of aliphatic carboxylic acids is 1. The summed E-state index contributed by atoms with van der Waals surface area (Å²) < 4.78 is 0.452. The van der Waals surface area contributed by atoms with Crippen LogP contribution in [-0.2, 0) is 4.79 Å². The Kier molecular flexibility index (Phi) is 4.76. The summed E-state index contributed by atoms with van der Waals surface area (Å²) in [5, 5.41) is 23.5. The van der Waals surface area contributed by atoms with Gasteiger partial charge in [0, 0.05) is 12.7 Å². The summed E-state index contributed by atoms with van der Waals surface area (Å²) in [6.45, 7) is 0.172. The van der Waals surface area contributed by atoms with Crippen molar-refractivity contribution in [2.75, 3.05) is 11.9 Å². The van der Waals surface area contributed by atoms with E-state index in [0.29, 0.717) is 17.3 Å². The van der Waals surface area contributed by atoms with Gasteiger partial charge >= 0.3 is 11.7 Å². The van der Waals surface area contributed by atoms with E-state index in [1.807, 2.05) is 0 Å². The van der Waals surface area contributed by atoms with Crippen LogP contribution in [0.1, 0.15) is 32.1 Å². The van der Waals surface area contributed by atoms with Crippen molar-refractivity contribution in [1.29, 1.82) is 0 Å². The van der Waals surface area contributed by atoms with Crippen LogP contribution in [0.25, 0.3) is 0 Å². The first kappa shape index (κ1) is 15.7. The number of rotatable bonds is 5. The lowest BCUT2D eigenvalue weighted by Gasteiger charge is -2.33. The third-order valence-electron chi connectivity index (χ3n) is 3.94. The molecule has 0 spiro atoms. The summed E-state index contributed by atoms with van der Waals surface area (Å²) in [6, 6.07) is 0. The number of halogens is 1. The van der Waals surface area contributed by atoms with Crippen molar-refractivity contribution in [2.45, 2.75) is 32.1 Å². The van der Waals surface area contributed by atoms with E-state index < -0.39 is 16.3 Å². The highest BCUT2D eigenvalue weighted by atomic mass is 79.9. The van der Waals surface area contributed by atoms with Crippen LogP contribution in [-0.4, -0.2) is 27.5 Å². The molecule has 0 amide bonds. The van der Waals surface area contributed by atoms with E-state index in [2.05, 4.69) is 26.2 Å². The molecule has 21 heavy (non-hydrogen) atoms. The molecule has 1 aliphatic carbocycles. The average molecular weight is 358 g/mol. The maximum atomic E-state index is 11.6. The smallest absolute Gasteiger partial charge is 0.311 e. The van der Waals surface area contributed by atoms with Crippen molar-refractivity contribution in [2.24, 2.45) is 5.41 Å². The quantitative estimate of drug-likeness (QED) is 0.619. The summed E-state index contributed by atoms with van der Waals surface area (Å²) in [5.74, 6) is -0.845. The van der Waals surface area contributed by atoms with E-state index in [1.165, 1.54) is 6.20 Å². The highest BCUT2D eigenvalue weighted by molar-refractivity contribution is 9.10. The number of nitrogens with zero attached hydrogens (tertiary/aromatic N) is 2. The van der Waals surface area contributed by atoms with Crippen molar-refractivity contribution < 1.29 is 14.8 Å². The number of nitrogens with one attached hydrogen (secondary N) is 1. The van der Waals surface area contributed by atoms with Gasteiger partial charge in [0.2, 0.25) is 0 Å². The normalized spacial score (nSPS) is 17.2. The monoisotopic (exact) mass is 357 g/mol. The third-order valence-corrected chi connectivity index (χ3v) is 4.55. The first-order valence-electron chi connectivity index (χ1n) is 6.71. The average Bonchev–Trinajstić information content (AvgIpc) is 2.46. The molecule has 2 N–H and O–H groups in total. The molecule has 0 bridgehead atoms. The van der Waals surface area contributed by atoms with E-state index in [9.17, 15) is 20.0 Å². The zero-order chi connectivity index (χ0) is 15.5. The second-order valence-corrected chi connectivity index (χ2v) is 6.13. The van der Waals surface area contributed by atoms with Gasteiger partial charge in [-0.1, -0.05) is 19.3 Å². The number of hydrogen-bond donors (Lipinski definition) is 2. The van der Waals surface area contributed by atoms with E-state index in [1.54, 1.807) is 0 Å². The van der Waals surface area contributed by atoms with Crippen LogP contribution in [0.4, 0.5) is 11.4 Å². The number of carbonyl (C=O) groups is 1. The first-order chi connectivity index (χ1) is 9.96. The zero-order valence-corrected chi connectivity index (χ0v) is 12.9. The highest BCUT2D eigenvalue weighted by Crippen LogP contribution is 2.38. The van der Waals surface area contributed by atoms with Crippen LogP contribution in [0.3, 0.4) is 0 Å². The molecular formula is C13H16BrN3O4.